The minimum absolute atomic E-state index is 0.0412. The lowest BCUT2D eigenvalue weighted by Crippen LogP contribution is -2.17. The fraction of sp³-hybridized carbons (Fsp3) is 0. The minimum Gasteiger partial charge on any atom is -0.455 e. The molecular weight excluding hydrogens is 564 g/mol. The smallest absolute Gasteiger partial charge is 0.288 e. The van der Waals surface area contributed by atoms with Crippen molar-refractivity contribution in [1.82, 2.24) is 9.99 Å². The van der Waals surface area contributed by atoms with Crippen molar-refractivity contribution in [2.24, 2.45) is 5.10 Å². The van der Waals surface area contributed by atoms with Crippen LogP contribution < -0.4 is 5.43 Å². The van der Waals surface area contributed by atoms with Crippen LogP contribution >= 0.6 is 11.6 Å². The average molecular weight is 587 g/mol. The zero-order valence-electron chi connectivity index (χ0n) is 22.6. The Labute approximate surface area is 251 Å². The number of benzene rings is 4. The van der Waals surface area contributed by atoms with Gasteiger partial charge in [-0.15, -0.1) is 0 Å². The van der Waals surface area contributed by atoms with Crippen molar-refractivity contribution < 1.29 is 14.1 Å². The summed E-state index contributed by atoms with van der Waals surface area (Å²) in [6.45, 7) is 0. The number of hydrogen-bond donors (Lipinski definition) is 1. The molecule has 0 radical (unpaired) electrons. The zero-order valence-corrected chi connectivity index (χ0v) is 23.3. The lowest BCUT2D eigenvalue weighted by molar-refractivity contribution is -0.384. The topological polar surface area (TPSA) is 103 Å². The van der Waals surface area contributed by atoms with Crippen LogP contribution in [0.4, 0.5) is 5.69 Å². The molecule has 8 nitrogen and oxygen atoms in total. The molecule has 0 aliphatic rings. The number of aromatic nitrogens is 1. The third kappa shape index (κ3) is 5.86. The second-order valence-corrected chi connectivity index (χ2v) is 9.95. The number of carbonyl (C=O) groups excluding carboxylic acids is 1. The molecule has 0 saturated heterocycles. The molecule has 2 heterocycles. The standard InChI is InChI=1S/C34H23ClN4O4/c35-29-17-13-26(21-32(29)39(41)42)33-20-16-28(43-33)22-36-37-34(40)25-11-14-27(15-12-25)38-30(23-7-3-1-4-8-23)18-19-31(38)24-9-5-2-6-10-24/h1-22H,(H,37,40)/b36-22-. The number of hydrazone groups is 1. The van der Waals surface area contributed by atoms with E-state index in [0.717, 1.165) is 28.2 Å². The number of rotatable bonds is 8. The Kier molecular flexibility index (Phi) is 7.67. The van der Waals surface area contributed by atoms with E-state index in [1.54, 1.807) is 30.3 Å². The Bertz CT molecular complexity index is 1890. The second-order valence-electron chi connectivity index (χ2n) is 9.54. The fourth-order valence-electron chi connectivity index (χ4n) is 4.75. The van der Waals surface area contributed by atoms with Crippen molar-refractivity contribution in [2.75, 3.05) is 0 Å². The molecule has 2 aromatic heterocycles. The van der Waals surface area contributed by atoms with E-state index in [2.05, 4.69) is 51.5 Å². The predicted molar refractivity (Wildman–Crippen MR) is 168 cm³/mol. The van der Waals surface area contributed by atoms with E-state index in [4.69, 9.17) is 16.0 Å². The second kappa shape index (κ2) is 12.0. The van der Waals surface area contributed by atoms with Gasteiger partial charge in [0.15, 0.2) is 0 Å². The number of amides is 1. The molecule has 0 spiro atoms. The maximum atomic E-state index is 12.8. The van der Waals surface area contributed by atoms with Gasteiger partial charge < -0.3 is 8.98 Å². The Hall–Kier alpha value is -5.73. The highest BCUT2D eigenvalue weighted by atomic mass is 35.5. The molecule has 0 bridgehead atoms. The van der Waals surface area contributed by atoms with Crippen molar-refractivity contribution in [3.05, 3.63) is 154 Å². The molecule has 0 fully saturated rings. The minimum atomic E-state index is -0.553. The summed E-state index contributed by atoms with van der Waals surface area (Å²) in [7, 11) is 0. The number of hydrogen-bond acceptors (Lipinski definition) is 5. The Balaban J connectivity index is 1.19. The number of nitro benzene ring substituents is 1. The Morgan fingerprint density at radius 3 is 2.02 bits per heavy atom. The van der Waals surface area contributed by atoms with Crippen LogP contribution in [-0.2, 0) is 0 Å². The normalized spacial score (nSPS) is 11.1. The van der Waals surface area contributed by atoms with Gasteiger partial charge in [0, 0.05) is 22.9 Å². The van der Waals surface area contributed by atoms with Crippen LogP contribution in [0.25, 0.3) is 39.5 Å². The zero-order chi connectivity index (χ0) is 29.8. The summed E-state index contributed by atoms with van der Waals surface area (Å²) in [5, 5.41) is 15.2. The SMILES string of the molecule is O=C(N/N=C\c1ccc(-c2ccc(Cl)c([N+](=O)[O-])c2)o1)c1ccc(-n2c(-c3ccccc3)ccc2-c2ccccc2)cc1. The number of furan rings is 1. The summed E-state index contributed by atoms with van der Waals surface area (Å²) in [4.78, 5) is 23.5. The summed E-state index contributed by atoms with van der Waals surface area (Å²) in [6, 6.07) is 39.5. The van der Waals surface area contributed by atoms with Gasteiger partial charge in [-0.25, -0.2) is 5.43 Å². The first-order valence-corrected chi connectivity index (χ1v) is 13.7. The molecule has 0 saturated carbocycles. The van der Waals surface area contributed by atoms with Crippen molar-refractivity contribution >= 4 is 29.4 Å². The van der Waals surface area contributed by atoms with Crippen LogP contribution in [0.5, 0.6) is 0 Å². The van der Waals surface area contributed by atoms with E-state index in [1.165, 1.54) is 18.3 Å². The molecule has 6 aromatic rings. The van der Waals surface area contributed by atoms with Crippen molar-refractivity contribution in [2.45, 2.75) is 0 Å². The van der Waals surface area contributed by atoms with Gasteiger partial charge >= 0.3 is 0 Å². The summed E-state index contributed by atoms with van der Waals surface area (Å²) in [5.41, 5.74) is 8.37. The van der Waals surface area contributed by atoms with E-state index in [1.807, 2.05) is 48.5 Å². The summed E-state index contributed by atoms with van der Waals surface area (Å²) in [5.74, 6) is 0.373. The van der Waals surface area contributed by atoms with Crippen molar-refractivity contribution in [3.63, 3.8) is 0 Å². The van der Waals surface area contributed by atoms with Crippen LogP contribution in [0.3, 0.4) is 0 Å². The monoisotopic (exact) mass is 586 g/mol. The number of halogens is 1. The lowest BCUT2D eigenvalue weighted by Gasteiger charge is -2.15. The van der Waals surface area contributed by atoms with Gasteiger partial charge in [0.2, 0.25) is 0 Å². The summed E-state index contributed by atoms with van der Waals surface area (Å²) < 4.78 is 7.89. The Morgan fingerprint density at radius 1 is 0.791 bits per heavy atom. The van der Waals surface area contributed by atoms with E-state index in [9.17, 15) is 14.9 Å². The van der Waals surface area contributed by atoms with E-state index < -0.39 is 4.92 Å². The molecule has 43 heavy (non-hydrogen) atoms. The molecule has 1 N–H and O–H groups in total. The molecule has 9 heteroatoms. The van der Waals surface area contributed by atoms with Crippen molar-refractivity contribution in [3.8, 4) is 39.5 Å². The largest absolute Gasteiger partial charge is 0.455 e. The molecule has 0 aliphatic heterocycles. The summed E-state index contributed by atoms with van der Waals surface area (Å²) in [6.07, 6.45) is 1.36. The van der Waals surface area contributed by atoms with E-state index >= 15 is 0 Å². The molecule has 1 amide bonds. The lowest BCUT2D eigenvalue weighted by atomic mass is 10.1. The van der Waals surface area contributed by atoms with Gasteiger partial charge in [-0.1, -0.05) is 72.3 Å². The number of nitrogens with zero attached hydrogens (tertiary/aromatic N) is 3. The number of nitro groups is 1. The van der Waals surface area contributed by atoms with Gasteiger partial charge in [-0.05, 0) is 71.8 Å². The average Bonchev–Trinajstić information content (AvgIpc) is 3.70. The molecule has 210 valence electrons. The van der Waals surface area contributed by atoms with Crippen LogP contribution in [0.15, 0.2) is 137 Å². The number of nitrogens with one attached hydrogen (secondary N) is 1. The maximum Gasteiger partial charge on any atom is 0.288 e. The van der Waals surface area contributed by atoms with Crippen molar-refractivity contribution in [1.29, 1.82) is 0 Å². The molecular formula is C34H23ClN4O4. The number of carbonyl (C=O) groups is 1. The van der Waals surface area contributed by atoms with Crippen LogP contribution in [-0.4, -0.2) is 21.6 Å². The van der Waals surface area contributed by atoms with Gasteiger partial charge in [0.05, 0.1) is 22.5 Å². The Morgan fingerprint density at radius 2 is 1.42 bits per heavy atom. The molecule has 4 aromatic carbocycles. The van der Waals surface area contributed by atoms with E-state index in [0.29, 0.717) is 22.6 Å². The predicted octanol–water partition coefficient (Wildman–Crippen LogP) is 8.40. The highest BCUT2D eigenvalue weighted by molar-refractivity contribution is 6.32. The van der Waals surface area contributed by atoms with E-state index in [-0.39, 0.29) is 16.6 Å². The molecule has 0 atom stereocenters. The molecule has 0 aliphatic carbocycles. The van der Waals surface area contributed by atoms with Gasteiger partial charge in [0.1, 0.15) is 16.5 Å². The third-order valence-corrected chi connectivity index (χ3v) is 7.14. The maximum absolute atomic E-state index is 12.8. The first-order valence-electron chi connectivity index (χ1n) is 13.3. The highest BCUT2D eigenvalue weighted by Crippen LogP contribution is 2.33. The van der Waals surface area contributed by atoms with Crippen LogP contribution in [0.1, 0.15) is 16.1 Å². The first kappa shape index (κ1) is 27.4. The fourth-order valence-corrected chi connectivity index (χ4v) is 4.93. The van der Waals surface area contributed by atoms with Gasteiger partial charge in [-0.2, -0.15) is 5.10 Å². The van der Waals surface area contributed by atoms with Crippen LogP contribution in [0, 0.1) is 10.1 Å². The van der Waals surface area contributed by atoms with Gasteiger partial charge in [0.25, 0.3) is 11.6 Å². The molecule has 0 unspecified atom stereocenters. The first-order chi connectivity index (χ1) is 21.0. The molecule has 6 rings (SSSR count). The van der Waals surface area contributed by atoms with Crippen LogP contribution in [0.2, 0.25) is 5.02 Å². The summed E-state index contributed by atoms with van der Waals surface area (Å²) >= 11 is 5.90. The highest BCUT2D eigenvalue weighted by Gasteiger charge is 2.16. The van der Waals surface area contributed by atoms with Gasteiger partial charge in [-0.3, -0.25) is 14.9 Å². The quantitative estimate of drug-likeness (QED) is 0.110. The third-order valence-electron chi connectivity index (χ3n) is 6.82.